The number of nitrogens with two attached hydrogens (primary N) is 1. The molecular formula is C22H19IN2O3. The number of carbonyl (C=O) groups excluding carboxylic acids is 1. The normalized spacial score (nSPS) is 11.6. The van der Waals surface area contributed by atoms with Gasteiger partial charge in [0.05, 0.1) is 5.56 Å². The lowest BCUT2D eigenvalue weighted by atomic mass is 10.0. The topological polar surface area (TPSA) is 92.4 Å². The number of amides is 1. The number of rotatable bonds is 6. The zero-order chi connectivity index (χ0) is 20.1. The van der Waals surface area contributed by atoms with Crippen LogP contribution < -0.4 is 11.1 Å². The smallest absolute Gasteiger partial charge is 0.326 e. The van der Waals surface area contributed by atoms with Crippen molar-refractivity contribution in [3.63, 3.8) is 0 Å². The van der Waals surface area contributed by atoms with E-state index < -0.39 is 17.9 Å². The summed E-state index contributed by atoms with van der Waals surface area (Å²) in [7, 11) is 0. The van der Waals surface area contributed by atoms with E-state index >= 15 is 0 Å². The molecule has 1 amide bonds. The van der Waals surface area contributed by atoms with Crippen molar-refractivity contribution in [3.05, 3.63) is 87.5 Å². The summed E-state index contributed by atoms with van der Waals surface area (Å²) < 4.78 is 0.848. The molecule has 0 heterocycles. The van der Waals surface area contributed by atoms with E-state index in [4.69, 9.17) is 5.73 Å². The number of aliphatic carboxylic acids is 1. The molecule has 6 heteroatoms. The first kappa shape index (κ1) is 19.9. The van der Waals surface area contributed by atoms with Gasteiger partial charge in [-0.25, -0.2) is 4.79 Å². The van der Waals surface area contributed by atoms with Gasteiger partial charge in [-0.1, -0.05) is 54.6 Å². The average Bonchev–Trinajstić information content (AvgIpc) is 2.70. The number of anilines is 1. The van der Waals surface area contributed by atoms with Crippen LogP contribution in [0.2, 0.25) is 0 Å². The van der Waals surface area contributed by atoms with Gasteiger partial charge in [0.1, 0.15) is 6.04 Å². The van der Waals surface area contributed by atoms with Crippen molar-refractivity contribution >= 4 is 40.2 Å². The van der Waals surface area contributed by atoms with E-state index in [1.165, 1.54) is 0 Å². The number of benzene rings is 3. The SMILES string of the molecule is Nc1ccc(I)cc1C(=O)N[C@@H](Cc1ccc(-c2ccccc2)cc1)C(=O)O. The van der Waals surface area contributed by atoms with Crippen LogP contribution in [0.3, 0.4) is 0 Å². The lowest BCUT2D eigenvalue weighted by Gasteiger charge is -2.16. The van der Waals surface area contributed by atoms with Crippen LogP contribution in [0.4, 0.5) is 5.69 Å². The average molecular weight is 486 g/mol. The minimum atomic E-state index is -1.09. The molecule has 0 aliphatic rings. The Morgan fingerprint density at radius 3 is 2.25 bits per heavy atom. The molecule has 0 unspecified atom stereocenters. The molecule has 0 aliphatic heterocycles. The lowest BCUT2D eigenvalue weighted by Crippen LogP contribution is -2.42. The first-order valence-electron chi connectivity index (χ1n) is 8.67. The molecule has 0 aliphatic carbocycles. The number of halogens is 1. The Bertz CT molecular complexity index is 988. The maximum Gasteiger partial charge on any atom is 0.326 e. The summed E-state index contributed by atoms with van der Waals surface area (Å²) >= 11 is 2.08. The van der Waals surface area contributed by atoms with Crippen molar-refractivity contribution in [1.29, 1.82) is 0 Å². The van der Waals surface area contributed by atoms with E-state index in [1.54, 1.807) is 18.2 Å². The van der Waals surface area contributed by atoms with Crippen molar-refractivity contribution in [2.24, 2.45) is 0 Å². The first-order valence-corrected chi connectivity index (χ1v) is 9.75. The number of nitrogens with one attached hydrogen (secondary N) is 1. The molecule has 4 N–H and O–H groups in total. The number of nitrogen functional groups attached to an aromatic ring is 1. The molecule has 28 heavy (non-hydrogen) atoms. The predicted octanol–water partition coefficient (Wildman–Crippen LogP) is 3.97. The Morgan fingerprint density at radius 2 is 1.61 bits per heavy atom. The van der Waals surface area contributed by atoms with Crippen LogP contribution >= 0.6 is 22.6 Å². The Morgan fingerprint density at radius 1 is 0.964 bits per heavy atom. The summed E-state index contributed by atoms with van der Waals surface area (Å²) in [6.45, 7) is 0. The Balaban J connectivity index is 1.73. The summed E-state index contributed by atoms with van der Waals surface area (Å²) in [5.41, 5.74) is 9.40. The van der Waals surface area contributed by atoms with Gasteiger partial charge in [-0.15, -0.1) is 0 Å². The van der Waals surface area contributed by atoms with Crippen molar-refractivity contribution in [1.82, 2.24) is 5.32 Å². The van der Waals surface area contributed by atoms with Crippen LogP contribution in [0.1, 0.15) is 15.9 Å². The fraction of sp³-hybridized carbons (Fsp3) is 0.0909. The molecular weight excluding hydrogens is 467 g/mol. The van der Waals surface area contributed by atoms with E-state index in [0.29, 0.717) is 5.69 Å². The molecule has 1 atom stereocenters. The van der Waals surface area contributed by atoms with E-state index in [0.717, 1.165) is 20.3 Å². The summed E-state index contributed by atoms with van der Waals surface area (Å²) in [6.07, 6.45) is 0.181. The lowest BCUT2D eigenvalue weighted by molar-refractivity contribution is -0.139. The van der Waals surface area contributed by atoms with Gasteiger partial charge >= 0.3 is 5.97 Å². The van der Waals surface area contributed by atoms with E-state index in [9.17, 15) is 14.7 Å². The molecule has 3 rings (SSSR count). The van der Waals surface area contributed by atoms with Gasteiger partial charge in [-0.05, 0) is 57.5 Å². The third kappa shape index (κ3) is 4.89. The molecule has 0 bridgehead atoms. The van der Waals surface area contributed by atoms with E-state index in [-0.39, 0.29) is 12.0 Å². The van der Waals surface area contributed by atoms with Crippen molar-refractivity contribution < 1.29 is 14.7 Å². The zero-order valence-corrected chi connectivity index (χ0v) is 17.1. The molecule has 142 valence electrons. The van der Waals surface area contributed by atoms with Gasteiger partial charge in [0.2, 0.25) is 0 Å². The van der Waals surface area contributed by atoms with Crippen LogP contribution in [-0.2, 0) is 11.2 Å². The summed E-state index contributed by atoms with van der Waals surface area (Å²) in [5, 5.41) is 12.1. The summed E-state index contributed by atoms with van der Waals surface area (Å²) in [6, 6.07) is 21.6. The zero-order valence-electron chi connectivity index (χ0n) is 14.9. The van der Waals surface area contributed by atoms with Gasteiger partial charge in [-0.2, -0.15) is 0 Å². The minimum absolute atomic E-state index is 0.181. The largest absolute Gasteiger partial charge is 0.480 e. The molecule has 0 saturated carbocycles. The number of carboxylic acids is 1. The third-order valence-corrected chi connectivity index (χ3v) is 5.04. The van der Waals surface area contributed by atoms with Crippen LogP contribution in [0.15, 0.2) is 72.8 Å². The van der Waals surface area contributed by atoms with Crippen molar-refractivity contribution in [3.8, 4) is 11.1 Å². The van der Waals surface area contributed by atoms with Crippen LogP contribution in [0.25, 0.3) is 11.1 Å². The van der Waals surface area contributed by atoms with Crippen LogP contribution in [-0.4, -0.2) is 23.0 Å². The number of carboxylic acid groups (broad SMARTS) is 1. The van der Waals surface area contributed by atoms with Gasteiger partial charge in [0.15, 0.2) is 0 Å². The van der Waals surface area contributed by atoms with Gasteiger partial charge in [-0.3, -0.25) is 4.79 Å². The number of hydrogen-bond donors (Lipinski definition) is 3. The van der Waals surface area contributed by atoms with Gasteiger partial charge < -0.3 is 16.2 Å². The van der Waals surface area contributed by atoms with Crippen LogP contribution in [0.5, 0.6) is 0 Å². The third-order valence-electron chi connectivity index (χ3n) is 4.36. The Labute approximate surface area is 176 Å². The number of hydrogen-bond acceptors (Lipinski definition) is 3. The Kier molecular flexibility index (Phi) is 6.30. The molecule has 3 aromatic carbocycles. The van der Waals surface area contributed by atoms with Gasteiger partial charge in [0, 0.05) is 15.7 Å². The molecule has 0 saturated heterocycles. The Hall–Kier alpha value is -2.87. The fourth-order valence-electron chi connectivity index (χ4n) is 2.86. The molecule has 0 radical (unpaired) electrons. The molecule has 3 aromatic rings. The fourth-order valence-corrected chi connectivity index (χ4v) is 3.35. The molecule has 5 nitrogen and oxygen atoms in total. The second-order valence-corrected chi connectivity index (χ2v) is 7.61. The highest BCUT2D eigenvalue weighted by molar-refractivity contribution is 14.1. The minimum Gasteiger partial charge on any atom is -0.480 e. The highest BCUT2D eigenvalue weighted by atomic mass is 127. The standard InChI is InChI=1S/C22H19IN2O3/c23-17-10-11-19(24)18(13-17)21(26)25-20(22(27)28)12-14-6-8-16(9-7-14)15-4-2-1-3-5-15/h1-11,13,20H,12,24H2,(H,25,26)(H,27,28)/t20-/m0/s1. The number of carbonyl (C=O) groups is 2. The van der Waals surface area contributed by atoms with E-state index in [2.05, 4.69) is 27.9 Å². The summed E-state index contributed by atoms with van der Waals surface area (Å²) in [5.74, 6) is -1.59. The highest BCUT2D eigenvalue weighted by Gasteiger charge is 2.22. The molecule has 0 spiro atoms. The summed E-state index contributed by atoms with van der Waals surface area (Å²) in [4.78, 5) is 24.2. The monoisotopic (exact) mass is 486 g/mol. The van der Waals surface area contributed by atoms with Crippen LogP contribution in [0, 0.1) is 3.57 Å². The first-order chi connectivity index (χ1) is 13.4. The van der Waals surface area contributed by atoms with Crippen molar-refractivity contribution in [2.75, 3.05) is 5.73 Å². The molecule has 0 aromatic heterocycles. The highest BCUT2D eigenvalue weighted by Crippen LogP contribution is 2.20. The van der Waals surface area contributed by atoms with Gasteiger partial charge in [0.25, 0.3) is 5.91 Å². The quantitative estimate of drug-likeness (QED) is 0.363. The van der Waals surface area contributed by atoms with Crippen molar-refractivity contribution in [2.45, 2.75) is 12.5 Å². The molecule has 0 fully saturated rings. The maximum atomic E-state index is 12.5. The second-order valence-electron chi connectivity index (χ2n) is 6.36. The second kappa shape index (κ2) is 8.88. The predicted molar refractivity (Wildman–Crippen MR) is 118 cm³/mol. The van der Waals surface area contributed by atoms with E-state index in [1.807, 2.05) is 54.6 Å². The maximum absolute atomic E-state index is 12.5.